The Morgan fingerprint density at radius 1 is 1.05 bits per heavy atom. The number of nitrogens with one attached hydrogen (secondary N) is 2. The molecule has 1 fully saturated rings. The van der Waals surface area contributed by atoms with Crippen molar-refractivity contribution in [1.82, 2.24) is 15.2 Å². The highest BCUT2D eigenvalue weighted by Crippen LogP contribution is 2.33. The van der Waals surface area contributed by atoms with E-state index in [2.05, 4.69) is 15.2 Å². The summed E-state index contributed by atoms with van der Waals surface area (Å²) in [5.74, 6) is 1.68. The summed E-state index contributed by atoms with van der Waals surface area (Å²) in [6.07, 6.45) is 0. The van der Waals surface area contributed by atoms with E-state index in [1.165, 1.54) is 7.11 Å². The highest BCUT2D eigenvalue weighted by molar-refractivity contribution is 7.99. The van der Waals surface area contributed by atoms with Crippen LogP contribution in [0.3, 0.4) is 0 Å². The second kappa shape index (κ2) is 12.4. The molecule has 0 unspecified atom stereocenters. The van der Waals surface area contributed by atoms with Crippen molar-refractivity contribution in [2.45, 2.75) is 6.92 Å². The number of rotatable bonds is 8. The van der Waals surface area contributed by atoms with Crippen molar-refractivity contribution in [2.24, 2.45) is 4.99 Å². The summed E-state index contributed by atoms with van der Waals surface area (Å²) in [5.41, 5.74) is 4.84. The largest absolute Gasteiger partial charge is 0.494 e. The number of hydrogen-bond acceptors (Lipinski definition) is 7. The number of benzene rings is 3. The number of thioether (sulfide) groups is 1. The number of aryl methyl sites for hydroxylation is 1. The molecule has 1 amide bonds. The van der Waals surface area contributed by atoms with E-state index in [0.29, 0.717) is 40.2 Å². The van der Waals surface area contributed by atoms with Gasteiger partial charge in [0.2, 0.25) is 0 Å². The van der Waals surface area contributed by atoms with Crippen LogP contribution in [0, 0.1) is 6.92 Å². The maximum absolute atomic E-state index is 12.7. The number of carbonyl (C=O) groups is 2. The van der Waals surface area contributed by atoms with E-state index >= 15 is 0 Å². The lowest BCUT2D eigenvalue weighted by Crippen LogP contribution is -2.39. The van der Waals surface area contributed by atoms with Crippen LogP contribution < -0.4 is 5.32 Å². The lowest BCUT2D eigenvalue weighted by atomic mass is 9.98. The number of ether oxygens (including phenoxy) is 1. The maximum atomic E-state index is 12.7. The number of aromatic hydroxyl groups is 1. The van der Waals surface area contributed by atoms with Crippen molar-refractivity contribution in [1.29, 1.82) is 0 Å². The standard InChI is InChI=1S/C31H32N4O4S/c1-20-18-25-26(19-24(20)31(38)39-2)34-30(37)27(25)28(21-6-4-3-5-7-21)33-23-10-8-22(9-11-23)29(36)32-12-13-35-14-16-40-17-15-35/h3-11,18-19,34,37H,12-17H2,1-2H3,(H,32,36). The highest BCUT2D eigenvalue weighted by atomic mass is 32.2. The zero-order valence-electron chi connectivity index (χ0n) is 22.6. The van der Waals surface area contributed by atoms with E-state index in [9.17, 15) is 14.7 Å². The minimum Gasteiger partial charge on any atom is -0.494 e. The predicted octanol–water partition coefficient (Wildman–Crippen LogP) is 4.92. The first-order chi connectivity index (χ1) is 19.4. The number of esters is 1. The molecule has 0 spiro atoms. The van der Waals surface area contributed by atoms with Gasteiger partial charge >= 0.3 is 5.97 Å². The topological polar surface area (TPSA) is 107 Å². The van der Waals surface area contributed by atoms with Gasteiger partial charge < -0.3 is 20.1 Å². The van der Waals surface area contributed by atoms with Crippen LogP contribution in [-0.2, 0) is 4.74 Å². The number of nitrogens with zero attached hydrogens (tertiary/aromatic N) is 2. The number of amides is 1. The van der Waals surface area contributed by atoms with Gasteiger partial charge in [-0.25, -0.2) is 9.79 Å². The maximum Gasteiger partial charge on any atom is 0.338 e. The van der Waals surface area contributed by atoms with Crippen LogP contribution in [0.15, 0.2) is 71.7 Å². The fraction of sp³-hybridized carbons (Fsp3) is 0.258. The van der Waals surface area contributed by atoms with Crippen molar-refractivity contribution < 1.29 is 19.4 Å². The summed E-state index contributed by atoms with van der Waals surface area (Å²) in [7, 11) is 1.34. The molecule has 0 bridgehead atoms. The third kappa shape index (κ3) is 6.05. The highest BCUT2D eigenvalue weighted by Gasteiger charge is 2.21. The van der Waals surface area contributed by atoms with Gasteiger partial charge in [0, 0.05) is 59.7 Å². The fourth-order valence-corrected chi connectivity index (χ4v) is 5.82. The van der Waals surface area contributed by atoms with Crippen LogP contribution in [0.5, 0.6) is 5.88 Å². The van der Waals surface area contributed by atoms with Gasteiger partial charge in [-0.1, -0.05) is 30.3 Å². The minimum atomic E-state index is -0.443. The number of methoxy groups -OCH3 is 1. The molecule has 1 aliphatic heterocycles. The summed E-state index contributed by atoms with van der Waals surface area (Å²) in [5, 5.41) is 14.7. The van der Waals surface area contributed by atoms with E-state index in [1.54, 1.807) is 30.3 Å². The van der Waals surface area contributed by atoms with Gasteiger partial charge in [0.1, 0.15) is 0 Å². The molecular weight excluding hydrogens is 524 g/mol. The molecule has 206 valence electrons. The number of aliphatic imine (C=N–C) groups is 1. The average Bonchev–Trinajstić information content (AvgIpc) is 3.30. The Balaban J connectivity index is 1.43. The molecule has 0 aliphatic carbocycles. The van der Waals surface area contributed by atoms with Crippen LogP contribution >= 0.6 is 11.8 Å². The van der Waals surface area contributed by atoms with E-state index < -0.39 is 5.97 Å². The van der Waals surface area contributed by atoms with E-state index in [0.717, 1.165) is 47.7 Å². The Hall–Kier alpha value is -4.08. The minimum absolute atomic E-state index is 0.0534. The van der Waals surface area contributed by atoms with E-state index in [-0.39, 0.29) is 11.8 Å². The van der Waals surface area contributed by atoms with Gasteiger partial charge in [0.25, 0.3) is 5.91 Å². The molecule has 40 heavy (non-hydrogen) atoms. The number of H-pyrrole nitrogens is 1. The number of fused-ring (bicyclic) bond motifs is 1. The molecule has 2 heterocycles. The molecule has 5 rings (SSSR count). The molecule has 3 N–H and O–H groups in total. The van der Waals surface area contributed by atoms with E-state index in [1.807, 2.05) is 55.1 Å². The number of carbonyl (C=O) groups excluding carboxylic acids is 2. The van der Waals surface area contributed by atoms with Crippen molar-refractivity contribution in [3.8, 4) is 5.88 Å². The SMILES string of the molecule is COC(=O)c1cc2[nH]c(O)c(C(=Nc3ccc(C(=O)NCCN4CCSCC4)cc3)c3ccccc3)c2cc1C. The third-order valence-corrected chi connectivity index (χ3v) is 7.94. The summed E-state index contributed by atoms with van der Waals surface area (Å²) in [4.78, 5) is 35.2. The van der Waals surface area contributed by atoms with Crippen LogP contribution in [0.2, 0.25) is 0 Å². The number of hydrogen-bond donors (Lipinski definition) is 3. The first kappa shape index (κ1) is 27.5. The smallest absolute Gasteiger partial charge is 0.338 e. The van der Waals surface area contributed by atoms with Crippen LogP contribution in [0.25, 0.3) is 10.9 Å². The molecule has 0 atom stereocenters. The monoisotopic (exact) mass is 556 g/mol. The molecular formula is C31H32N4O4S. The molecule has 0 radical (unpaired) electrons. The molecule has 8 nitrogen and oxygen atoms in total. The van der Waals surface area contributed by atoms with E-state index in [4.69, 9.17) is 9.73 Å². The third-order valence-electron chi connectivity index (χ3n) is 7.00. The Kier molecular flexibility index (Phi) is 8.52. The molecule has 1 aliphatic rings. The normalized spacial score (nSPS) is 14.3. The number of aromatic amines is 1. The van der Waals surface area contributed by atoms with Gasteiger partial charge in [-0.05, 0) is 48.9 Å². The molecule has 3 aromatic carbocycles. The van der Waals surface area contributed by atoms with Gasteiger partial charge in [-0.2, -0.15) is 11.8 Å². The zero-order valence-corrected chi connectivity index (χ0v) is 23.4. The molecule has 1 aromatic heterocycles. The number of aromatic nitrogens is 1. The molecule has 1 saturated heterocycles. The Labute approximate surface area is 237 Å². The van der Waals surface area contributed by atoms with Gasteiger partial charge in [0.15, 0.2) is 5.88 Å². The van der Waals surface area contributed by atoms with Crippen molar-refractivity contribution >= 4 is 45.9 Å². The van der Waals surface area contributed by atoms with Crippen molar-refractivity contribution in [3.63, 3.8) is 0 Å². The van der Waals surface area contributed by atoms with Crippen LogP contribution in [0.1, 0.15) is 37.4 Å². The molecule has 9 heteroatoms. The second-order valence-electron chi connectivity index (χ2n) is 9.64. The van der Waals surface area contributed by atoms with Crippen molar-refractivity contribution in [3.05, 3.63) is 94.5 Å². The predicted molar refractivity (Wildman–Crippen MR) is 160 cm³/mol. The lowest BCUT2D eigenvalue weighted by molar-refractivity contribution is 0.0600. The quantitative estimate of drug-likeness (QED) is 0.210. The van der Waals surface area contributed by atoms with Crippen LogP contribution in [0.4, 0.5) is 5.69 Å². The van der Waals surface area contributed by atoms with Crippen LogP contribution in [-0.4, -0.2) is 77.4 Å². The lowest BCUT2D eigenvalue weighted by Gasteiger charge is -2.25. The first-order valence-electron chi connectivity index (χ1n) is 13.2. The van der Waals surface area contributed by atoms with Gasteiger partial charge in [0.05, 0.1) is 29.6 Å². The summed E-state index contributed by atoms with van der Waals surface area (Å²) in [6, 6.07) is 20.2. The fourth-order valence-electron chi connectivity index (χ4n) is 4.84. The molecule has 4 aromatic rings. The second-order valence-corrected chi connectivity index (χ2v) is 10.9. The Morgan fingerprint density at radius 2 is 1.77 bits per heavy atom. The summed E-state index contributed by atoms with van der Waals surface area (Å²) in [6.45, 7) is 5.42. The summed E-state index contributed by atoms with van der Waals surface area (Å²) < 4.78 is 4.90. The average molecular weight is 557 g/mol. The Morgan fingerprint density at radius 3 is 2.48 bits per heavy atom. The summed E-state index contributed by atoms with van der Waals surface area (Å²) >= 11 is 1.97. The van der Waals surface area contributed by atoms with Gasteiger partial charge in [-0.15, -0.1) is 0 Å². The van der Waals surface area contributed by atoms with Crippen molar-refractivity contribution in [2.75, 3.05) is 44.8 Å². The Bertz CT molecular complexity index is 1540. The zero-order chi connectivity index (χ0) is 28.1. The first-order valence-corrected chi connectivity index (χ1v) is 14.4. The molecule has 0 saturated carbocycles. The van der Waals surface area contributed by atoms with Gasteiger partial charge in [-0.3, -0.25) is 9.69 Å².